The van der Waals surface area contributed by atoms with Gasteiger partial charge < -0.3 is 14.5 Å². The zero-order chi connectivity index (χ0) is 22.0. The van der Waals surface area contributed by atoms with Crippen LogP contribution in [0.15, 0.2) is 48.5 Å². The van der Waals surface area contributed by atoms with Gasteiger partial charge in [0, 0.05) is 48.6 Å². The maximum absolute atomic E-state index is 13.7. The zero-order valence-corrected chi connectivity index (χ0v) is 17.9. The van der Waals surface area contributed by atoms with E-state index in [1.165, 1.54) is 12.1 Å². The minimum atomic E-state index is -0.313. The van der Waals surface area contributed by atoms with Crippen LogP contribution in [0.25, 0.3) is 11.4 Å². The van der Waals surface area contributed by atoms with Crippen molar-refractivity contribution in [1.82, 2.24) is 14.9 Å². The molecule has 3 aromatic rings. The Balaban J connectivity index is 1.51. The van der Waals surface area contributed by atoms with Crippen LogP contribution in [-0.2, 0) is 0 Å². The molecule has 0 atom stereocenters. The van der Waals surface area contributed by atoms with Crippen molar-refractivity contribution in [3.05, 3.63) is 71.2 Å². The molecule has 1 amide bonds. The molecule has 0 spiro atoms. The maximum atomic E-state index is 13.7. The highest BCUT2D eigenvalue weighted by Crippen LogP contribution is 2.26. The predicted octanol–water partition coefficient (Wildman–Crippen LogP) is 3.87. The highest BCUT2D eigenvalue weighted by Gasteiger charge is 2.25. The quantitative estimate of drug-likeness (QED) is 0.641. The summed E-state index contributed by atoms with van der Waals surface area (Å²) in [7, 11) is 1.60. The van der Waals surface area contributed by atoms with Gasteiger partial charge in [-0.25, -0.2) is 14.4 Å². The number of ether oxygens (including phenoxy) is 1. The average molecular weight is 420 g/mol. The van der Waals surface area contributed by atoms with Crippen molar-refractivity contribution in [2.45, 2.75) is 13.8 Å². The van der Waals surface area contributed by atoms with Crippen molar-refractivity contribution in [2.24, 2.45) is 0 Å². The van der Waals surface area contributed by atoms with Gasteiger partial charge in [0.1, 0.15) is 17.4 Å². The van der Waals surface area contributed by atoms with E-state index in [1.54, 1.807) is 37.4 Å². The lowest BCUT2D eigenvalue weighted by atomic mass is 10.1. The summed E-state index contributed by atoms with van der Waals surface area (Å²) >= 11 is 0. The van der Waals surface area contributed by atoms with Crippen molar-refractivity contribution in [2.75, 3.05) is 38.2 Å². The number of aromatic nitrogens is 2. The van der Waals surface area contributed by atoms with E-state index in [1.807, 2.05) is 24.8 Å². The summed E-state index contributed by atoms with van der Waals surface area (Å²) in [6, 6.07) is 13.5. The number of amides is 1. The molecular formula is C24H25FN4O2. The van der Waals surface area contributed by atoms with E-state index in [9.17, 15) is 9.18 Å². The first-order valence-electron chi connectivity index (χ1n) is 10.3. The molecule has 7 heteroatoms. The molecule has 0 bridgehead atoms. The maximum Gasteiger partial charge on any atom is 0.253 e. The molecule has 2 aromatic carbocycles. The number of hydrogen-bond donors (Lipinski definition) is 0. The molecule has 160 valence electrons. The minimum absolute atomic E-state index is 0.0124. The number of aryl methyl sites for hydroxylation is 1. The van der Waals surface area contributed by atoms with Crippen molar-refractivity contribution < 1.29 is 13.9 Å². The largest absolute Gasteiger partial charge is 0.497 e. The van der Waals surface area contributed by atoms with Crippen LogP contribution in [0.1, 0.15) is 21.6 Å². The molecular weight excluding hydrogens is 395 g/mol. The Kier molecular flexibility index (Phi) is 5.84. The van der Waals surface area contributed by atoms with Crippen LogP contribution in [0, 0.1) is 19.7 Å². The van der Waals surface area contributed by atoms with E-state index < -0.39 is 0 Å². The van der Waals surface area contributed by atoms with Crippen LogP contribution in [0.2, 0.25) is 0 Å². The number of nitrogens with zero attached hydrogens (tertiary/aromatic N) is 4. The molecule has 0 saturated carbocycles. The molecule has 6 nitrogen and oxygen atoms in total. The summed E-state index contributed by atoms with van der Waals surface area (Å²) in [6.07, 6.45) is 0. The van der Waals surface area contributed by atoms with E-state index in [4.69, 9.17) is 9.72 Å². The third kappa shape index (κ3) is 4.35. The number of benzene rings is 2. The van der Waals surface area contributed by atoms with Gasteiger partial charge in [0.15, 0.2) is 5.82 Å². The molecule has 0 radical (unpaired) electrons. The van der Waals surface area contributed by atoms with Crippen molar-refractivity contribution in [3.8, 4) is 17.1 Å². The average Bonchev–Trinajstić information content (AvgIpc) is 2.80. The number of rotatable bonds is 4. The minimum Gasteiger partial charge on any atom is -0.497 e. The Hall–Kier alpha value is -3.48. The molecule has 1 aromatic heterocycles. The number of carbonyl (C=O) groups is 1. The topological polar surface area (TPSA) is 58.6 Å². The third-order valence-electron chi connectivity index (χ3n) is 5.65. The van der Waals surface area contributed by atoms with E-state index in [2.05, 4.69) is 9.88 Å². The van der Waals surface area contributed by atoms with Gasteiger partial charge in [-0.15, -0.1) is 0 Å². The van der Waals surface area contributed by atoms with Crippen LogP contribution in [0.3, 0.4) is 0 Å². The van der Waals surface area contributed by atoms with Crippen LogP contribution < -0.4 is 9.64 Å². The van der Waals surface area contributed by atoms with Crippen LogP contribution >= 0.6 is 0 Å². The number of carbonyl (C=O) groups excluding carboxylic acids is 1. The Morgan fingerprint density at radius 3 is 2.35 bits per heavy atom. The summed E-state index contributed by atoms with van der Waals surface area (Å²) in [4.78, 5) is 26.2. The Labute approximate surface area is 181 Å². The fourth-order valence-electron chi connectivity index (χ4n) is 3.72. The standard InChI is InChI=1S/C24H25FN4O2/c1-16-17(2)26-22(19-5-4-6-20(25)15-19)27-23(16)28-11-13-29(14-12-28)24(30)18-7-9-21(31-3)10-8-18/h4-10,15H,11-14H2,1-3H3. The molecule has 1 saturated heterocycles. The van der Waals surface area contributed by atoms with Crippen LogP contribution in [0.4, 0.5) is 10.2 Å². The lowest BCUT2D eigenvalue weighted by Crippen LogP contribution is -2.49. The molecule has 1 aliphatic heterocycles. The molecule has 2 heterocycles. The molecule has 1 fully saturated rings. The fraction of sp³-hybridized carbons (Fsp3) is 0.292. The number of hydrogen-bond acceptors (Lipinski definition) is 5. The van der Waals surface area contributed by atoms with Gasteiger partial charge >= 0.3 is 0 Å². The van der Waals surface area contributed by atoms with E-state index in [-0.39, 0.29) is 11.7 Å². The molecule has 0 N–H and O–H groups in total. The monoisotopic (exact) mass is 420 g/mol. The van der Waals surface area contributed by atoms with Gasteiger partial charge in [-0.1, -0.05) is 12.1 Å². The molecule has 4 rings (SSSR count). The lowest BCUT2D eigenvalue weighted by molar-refractivity contribution is 0.0746. The molecule has 31 heavy (non-hydrogen) atoms. The summed E-state index contributed by atoms with van der Waals surface area (Å²) in [5, 5.41) is 0. The number of anilines is 1. The SMILES string of the molecule is COc1ccc(C(=O)N2CCN(c3nc(-c4cccc(F)c4)nc(C)c3C)CC2)cc1. The van der Waals surface area contributed by atoms with Gasteiger partial charge in [-0.05, 0) is 50.2 Å². The Morgan fingerprint density at radius 1 is 1.00 bits per heavy atom. The highest BCUT2D eigenvalue weighted by atomic mass is 19.1. The van der Waals surface area contributed by atoms with Gasteiger partial charge in [0.2, 0.25) is 0 Å². The fourth-order valence-corrected chi connectivity index (χ4v) is 3.72. The van der Waals surface area contributed by atoms with E-state index >= 15 is 0 Å². The number of piperazine rings is 1. The first kappa shape index (κ1) is 20.8. The molecule has 1 aliphatic rings. The first-order valence-corrected chi connectivity index (χ1v) is 10.3. The number of halogens is 1. The number of methoxy groups -OCH3 is 1. The summed E-state index contributed by atoms with van der Waals surface area (Å²) in [6.45, 7) is 6.47. The van der Waals surface area contributed by atoms with Crippen LogP contribution in [-0.4, -0.2) is 54.1 Å². The second-order valence-electron chi connectivity index (χ2n) is 7.60. The van der Waals surface area contributed by atoms with Gasteiger partial charge in [0.05, 0.1) is 7.11 Å². The second kappa shape index (κ2) is 8.71. The molecule has 0 unspecified atom stereocenters. The predicted molar refractivity (Wildman–Crippen MR) is 118 cm³/mol. The van der Waals surface area contributed by atoms with E-state index in [0.717, 1.165) is 22.8 Å². The zero-order valence-electron chi connectivity index (χ0n) is 17.9. The van der Waals surface area contributed by atoms with Gasteiger partial charge in [-0.3, -0.25) is 4.79 Å². The summed E-state index contributed by atoms with van der Waals surface area (Å²) in [5.41, 5.74) is 3.16. The second-order valence-corrected chi connectivity index (χ2v) is 7.60. The molecule has 0 aliphatic carbocycles. The van der Waals surface area contributed by atoms with Crippen molar-refractivity contribution >= 4 is 11.7 Å². The first-order chi connectivity index (χ1) is 15.0. The van der Waals surface area contributed by atoms with Gasteiger partial charge in [-0.2, -0.15) is 0 Å². The smallest absolute Gasteiger partial charge is 0.253 e. The Morgan fingerprint density at radius 2 is 1.71 bits per heavy atom. The van der Waals surface area contributed by atoms with E-state index in [0.29, 0.717) is 43.1 Å². The summed E-state index contributed by atoms with van der Waals surface area (Å²) in [5.74, 6) is 1.77. The lowest BCUT2D eigenvalue weighted by Gasteiger charge is -2.36. The Bertz CT molecular complexity index is 1090. The highest BCUT2D eigenvalue weighted by molar-refractivity contribution is 5.94. The third-order valence-corrected chi connectivity index (χ3v) is 5.65. The van der Waals surface area contributed by atoms with Crippen molar-refractivity contribution in [3.63, 3.8) is 0 Å². The normalized spacial score (nSPS) is 13.9. The van der Waals surface area contributed by atoms with Crippen molar-refractivity contribution in [1.29, 1.82) is 0 Å². The van der Waals surface area contributed by atoms with Gasteiger partial charge in [0.25, 0.3) is 5.91 Å². The van der Waals surface area contributed by atoms with Crippen LogP contribution in [0.5, 0.6) is 5.75 Å². The summed E-state index contributed by atoms with van der Waals surface area (Å²) < 4.78 is 18.8.